The number of carbonyl (C=O) groups is 1. The Morgan fingerprint density at radius 2 is 2.12 bits per heavy atom. The van der Waals surface area contributed by atoms with Gasteiger partial charge in [0.15, 0.2) is 0 Å². The first-order chi connectivity index (χ1) is 8.02. The first-order valence-electron chi connectivity index (χ1n) is 5.71. The van der Waals surface area contributed by atoms with Gasteiger partial charge in [-0.2, -0.15) is 0 Å². The first kappa shape index (κ1) is 13.5. The van der Waals surface area contributed by atoms with Gasteiger partial charge >= 0.3 is 0 Å². The number of nitrogens with one attached hydrogen (secondary N) is 2. The van der Waals surface area contributed by atoms with E-state index in [0.29, 0.717) is 12.6 Å². The number of aryl methyl sites for hydroxylation is 1. The van der Waals surface area contributed by atoms with Crippen molar-refractivity contribution in [3.8, 4) is 5.75 Å². The summed E-state index contributed by atoms with van der Waals surface area (Å²) in [4.78, 5) is 11.6. The molecule has 0 saturated carbocycles. The van der Waals surface area contributed by atoms with Crippen molar-refractivity contribution < 1.29 is 9.53 Å². The van der Waals surface area contributed by atoms with Crippen LogP contribution in [-0.4, -0.2) is 25.6 Å². The lowest BCUT2D eigenvalue weighted by atomic mass is 10.2. The minimum absolute atomic E-state index is 0.0386. The maximum atomic E-state index is 11.6. The Balaban J connectivity index is 2.57. The molecule has 2 N–H and O–H groups in total. The van der Waals surface area contributed by atoms with Gasteiger partial charge in [-0.1, -0.05) is 13.8 Å². The molecule has 0 aliphatic heterocycles. The molecule has 1 rings (SSSR count). The normalized spacial score (nSPS) is 10.4. The quantitative estimate of drug-likeness (QED) is 0.821. The van der Waals surface area contributed by atoms with Crippen molar-refractivity contribution in [1.82, 2.24) is 5.32 Å². The topological polar surface area (TPSA) is 50.4 Å². The summed E-state index contributed by atoms with van der Waals surface area (Å²) < 4.78 is 5.16. The minimum Gasteiger partial charge on any atom is -0.496 e. The van der Waals surface area contributed by atoms with Gasteiger partial charge in [-0.25, -0.2) is 0 Å². The van der Waals surface area contributed by atoms with E-state index in [4.69, 9.17) is 4.74 Å². The molecule has 0 aliphatic rings. The Morgan fingerprint density at radius 3 is 2.65 bits per heavy atom. The van der Waals surface area contributed by atoms with Gasteiger partial charge in [0.2, 0.25) is 5.91 Å². The largest absolute Gasteiger partial charge is 0.496 e. The number of hydrogen-bond acceptors (Lipinski definition) is 3. The van der Waals surface area contributed by atoms with E-state index in [9.17, 15) is 4.79 Å². The number of anilines is 1. The average molecular weight is 236 g/mol. The highest BCUT2D eigenvalue weighted by molar-refractivity contribution is 5.92. The minimum atomic E-state index is -0.0386. The number of ether oxygens (including phenoxy) is 1. The highest BCUT2D eigenvalue weighted by atomic mass is 16.5. The zero-order valence-corrected chi connectivity index (χ0v) is 10.8. The van der Waals surface area contributed by atoms with Crippen molar-refractivity contribution in [3.63, 3.8) is 0 Å². The molecular formula is C13H20N2O2. The van der Waals surface area contributed by atoms with Crippen molar-refractivity contribution in [2.75, 3.05) is 19.0 Å². The Bertz CT molecular complexity index is 389. The molecule has 0 bridgehead atoms. The lowest BCUT2D eigenvalue weighted by Crippen LogP contribution is -2.32. The Morgan fingerprint density at radius 1 is 1.41 bits per heavy atom. The molecule has 17 heavy (non-hydrogen) atoms. The summed E-state index contributed by atoms with van der Waals surface area (Å²) in [5.41, 5.74) is 1.79. The SMILES string of the molecule is COc1ccc(NC(=O)CNC(C)C)cc1C. The number of benzene rings is 1. The molecule has 0 aromatic heterocycles. The van der Waals surface area contributed by atoms with Crippen LogP contribution in [0.1, 0.15) is 19.4 Å². The van der Waals surface area contributed by atoms with E-state index in [1.54, 1.807) is 7.11 Å². The Hall–Kier alpha value is -1.55. The molecule has 94 valence electrons. The molecule has 0 fully saturated rings. The van der Waals surface area contributed by atoms with Gasteiger partial charge < -0.3 is 15.4 Å². The standard InChI is InChI=1S/C13H20N2O2/c1-9(2)14-8-13(16)15-11-5-6-12(17-4)10(3)7-11/h5-7,9,14H,8H2,1-4H3,(H,15,16). The van der Waals surface area contributed by atoms with Crippen LogP contribution in [0.4, 0.5) is 5.69 Å². The number of rotatable bonds is 5. The predicted molar refractivity (Wildman–Crippen MR) is 69.5 cm³/mol. The lowest BCUT2D eigenvalue weighted by Gasteiger charge is -2.10. The maximum absolute atomic E-state index is 11.6. The molecular weight excluding hydrogens is 216 g/mol. The zero-order chi connectivity index (χ0) is 12.8. The second kappa shape index (κ2) is 6.25. The third kappa shape index (κ3) is 4.44. The fraction of sp³-hybridized carbons (Fsp3) is 0.462. The molecule has 0 heterocycles. The van der Waals surface area contributed by atoms with Crippen LogP contribution in [-0.2, 0) is 4.79 Å². The van der Waals surface area contributed by atoms with Crippen molar-refractivity contribution >= 4 is 11.6 Å². The van der Waals surface area contributed by atoms with Crippen molar-refractivity contribution in [2.45, 2.75) is 26.8 Å². The average Bonchev–Trinajstić information content (AvgIpc) is 2.26. The van der Waals surface area contributed by atoms with Gasteiger partial charge in [0.25, 0.3) is 0 Å². The van der Waals surface area contributed by atoms with E-state index in [0.717, 1.165) is 17.0 Å². The number of amides is 1. The summed E-state index contributed by atoms with van der Waals surface area (Å²) >= 11 is 0. The van der Waals surface area contributed by atoms with E-state index >= 15 is 0 Å². The number of methoxy groups -OCH3 is 1. The third-order valence-electron chi connectivity index (χ3n) is 2.35. The van der Waals surface area contributed by atoms with Gasteiger partial charge in [0.05, 0.1) is 13.7 Å². The van der Waals surface area contributed by atoms with Crippen LogP contribution in [0.3, 0.4) is 0 Å². The lowest BCUT2D eigenvalue weighted by molar-refractivity contribution is -0.115. The maximum Gasteiger partial charge on any atom is 0.238 e. The second-order valence-electron chi connectivity index (χ2n) is 4.27. The van der Waals surface area contributed by atoms with E-state index < -0.39 is 0 Å². The molecule has 4 nitrogen and oxygen atoms in total. The molecule has 1 aromatic carbocycles. The summed E-state index contributed by atoms with van der Waals surface area (Å²) in [6.45, 7) is 6.28. The molecule has 0 atom stereocenters. The van der Waals surface area contributed by atoms with Crippen LogP contribution < -0.4 is 15.4 Å². The highest BCUT2D eigenvalue weighted by Gasteiger charge is 2.04. The van der Waals surface area contributed by atoms with E-state index in [-0.39, 0.29) is 5.91 Å². The fourth-order valence-corrected chi connectivity index (χ4v) is 1.46. The Kier molecular flexibility index (Phi) is 4.97. The van der Waals surface area contributed by atoms with E-state index in [2.05, 4.69) is 10.6 Å². The summed E-state index contributed by atoms with van der Waals surface area (Å²) in [6, 6.07) is 5.88. The summed E-state index contributed by atoms with van der Waals surface area (Å²) in [6.07, 6.45) is 0. The van der Waals surface area contributed by atoms with Crippen LogP contribution >= 0.6 is 0 Å². The zero-order valence-electron chi connectivity index (χ0n) is 10.8. The smallest absolute Gasteiger partial charge is 0.238 e. The first-order valence-corrected chi connectivity index (χ1v) is 5.71. The van der Waals surface area contributed by atoms with Crippen molar-refractivity contribution in [1.29, 1.82) is 0 Å². The predicted octanol–water partition coefficient (Wildman–Crippen LogP) is 1.94. The van der Waals surface area contributed by atoms with Crippen LogP contribution in [0, 0.1) is 6.92 Å². The van der Waals surface area contributed by atoms with Gasteiger partial charge in [-0.3, -0.25) is 4.79 Å². The van der Waals surface area contributed by atoms with Crippen molar-refractivity contribution in [2.24, 2.45) is 0 Å². The van der Waals surface area contributed by atoms with Gasteiger partial charge in [0, 0.05) is 11.7 Å². The summed E-state index contributed by atoms with van der Waals surface area (Å²) in [5, 5.41) is 5.90. The van der Waals surface area contributed by atoms with Crippen LogP contribution in [0.5, 0.6) is 5.75 Å². The second-order valence-corrected chi connectivity index (χ2v) is 4.27. The van der Waals surface area contributed by atoms with Gasteiger partial charge in [0.1, 0.15) is 5.75 Å². The molecule has 4 heteroatoms. The molecule has 0 unspecified atom stereocenters. The molecule has 0 aliphatic carbocycles. The van der Waals surface area contributed by atoms with Gasteiger partial charge in [-0.05, 0) is 30.7 Å². The highest BCUT2D eigenvalue weighted by Crippen LogP contribution is 2.21. The monoisotopic (exact) mass is 236 g/mol. The fourth-order valence-electron chi connectivity index (χ4n) is 1.46. The number of carbonyl (C=O) groups excluding carboxylic acids is 1. The van der Waals surface area contributed by atoms with Crippen LogP contribution in [0.2, 0.25) is 0 Å². The molecule has 1 amide bonds. The van der Waals surface area contributed by atoms with Crippen LogP contribution in [0.25, 0.3) is 0 Å². The van der Waals surface area contributed by atoms with Crippen molar-refractivity contribution in [3.05, 3.63) is 23.8 Å². The van der Waals surface area contributed by atoms with Crippen LogP contribution in [0.15, 0.2) is 18.2 Å². The molecule has 0 spiro atoms. The molecule has 0 saturated heterocycles. The van der Waals surface area contributed by atoms with E-state index in [1.807, 2.05) is 39.0 Å². The molecule has 1 aromatic rings. The van der Waals surface area contributed by atoms with Gasteiger partial charge in [-0.15, -0.1) is 0 Å². The summed E-state index contributed by atoms with van der Waals surface area (Å²) in [5.74, 6) is 0.784. The Labute approximate surface area is 102 Å². The third-order valence-corrected chi connectivity index (χ3v) is 2.35. The summed E-state index contributed by atoms with van der Waals surface area (Å²) in [7, 11) is 1.63. The van der Waals surface area contributed by atoms with E-state index in [1.165, 1.54) is 0 Å². The number of hydrogen-bond donors (Lipinski definition) is 2. The molecule has 0 radical (unpaired) electrons.